The first-order chi connectivity index (χ1) is 12.3. The molecule has 0 aliphatic carbocycles. The average molecular weight is 386 g/mol. The number of piperidine rings is 1. The van der Waals surface area contributed by atoms with Crippen LogP contribution in [0, 0.1) is 6.92 Å². The third-order valence-electron chi connectivity index (χ3n) is 4.31. The highest BCUT2D eigenvalue weighted by Crippen LogP contribution is 2.32. The summed E-state index contributed by atoms with van der Waals surface area (Å²) in [6.45, 7) is 4.70. The summed E-state index contributed by atoms with van der Waals surface area (Å²) >= 11 is 0. The van der Waals surface area contributed by atoms with Crippen molar-refractivity contribution in [3.8, 4) is 11.5 Å². The summed E-state index contributed by atoms with van der Waals surface area (Å²) in [4.78, 5) is 13.5. The number of carbonyl (C=O) groups is 1. The van der Waals surface area contributed by atoms with Gasteiger partial charge in [0.05, 0.1) is 25.7 Å². The van der Waals surface area contributed by atoms with Gasteiger partial charge in [0.2, 0.25) is 10.0 Å². The van der Waals surface area contributed by atoms with E-state index in [1.54, 1.807) is 24.8 Å². The molecule has 8 nitrogen and oxygen atoms in total. The standard InChI is InChI=1S/C17H26N2O6S/c1-5-25-17(20)19-8-6-13(7-9-19)18-26(21,22)16-11-15(24-4)14(23-3)10-12(16)2/h10-11,13,18H,5-9H2,1-4H3. The minimum Gasteiger partial charge on any atom is -0.493 e. The van der Waals surface area contributed by atoms with Crippen molar-refractivity contribution in [2.24, 2.45) is 0 Å². The number of amides is 1. The minimum atomic E-state index is -3.72. The van der Waals surface area contributed by atoms with E-state index < -0.39 is 10.0 Å². The van der Waals surface area contributed by atoms with Gasteiger partial charge in [0, 0.05) is 25.2 Å². The number of sulfonamides is 1. The predicted octanol–water partition coefficient (Wildman–Crippen LogP) is 1.91. The van der Waals surface area contributed by atoms with Gasteiger partial charge >= 0.3 is 6.09 Å². The van der Waals surface area contributed by atoms with Crippen molar-refractivity contribution < 1.29 is 27.4 Å². The second kappa shape index (κ2) is 8.59. The quantitative estimate of drug-likeness (QED) is 0.803. The molecule has 0 atom stereocenters. The van der Waals surface area contributed by atoms with Gasteiger partial charge in [-0.1, -0.05) is 0 Å². The van der Waals surface area contributed by atoms with Crippen LogP contribution < -0.4 is 14.2 Å². The molecule has 0 saturated carbocycles. The van der Waals surface area contributed by atoms with Gasteiger partial charge in [0.1, 0.15) is 0 Å². The summed E-state index contributed by atoms with van der Waals surface area (Å²) < 4.78 is 43.7. The van der Waals surface area contributed by atoms with Crippen LogP contribution in [0.3, 0.4) is 0 Å². The lowest BCUT2D eigenvalue weighted by Gasteiger charge is -2.31. The second-order valence-electron chi connectivity index (χ2n) is 6.05. The van der Waals surface area contributed by atoms with Crippen LogP contribution in [0.15, 0.2) is 17.0 Å². The van der Waals surface area contributed by atoms with Crippen LogP contribution >= 0.6 is 0 Å². The van der Waals surface area contributed by atoms with Crippen LogP contribution in [0.2, 0.25) is 0 Å². The molecule has 1 fully saturated rings. The number of likely N-dealkylation sites (tertiary alicyclic amines) is 1. The maximum absolute atomic E-state index is 12.8. The van der Waals surface area contributed by atoms with Crippen molar-refractivity contribution in [1.82, 2.24) is 9.62 Å². The molecule has 0 bridgehead atoms. The van der Waals surface area contributed by atoms with Gasteiger partial charge in [-0.05, 0) is 38.3 Å². The monoisotopic (exact) mass is 386 g/mol. The van der Waals surface area contributed by atoms with Crippen LogP contribution in [0.1, 0.15) is 25.3 Å². The summed E-state index contributed by atoms with van der Waals surface area (Å²) in [6, 6.07) is 2.86. The molecule has 1 aliphatic heterocycles. The van der Waals surface area contributed by atoms with E-state index in [-0.39, 0.29) is 17.0 Å². The largest absolute Gasteiger partial charge is 0.493 e. The smallest absolute Gasteiger partial charge is 0.409 e. The van der Waals surface area contributed by atoms with Crippen LogP contribution in [-0.4, -0.2) is 59.4 Å². The number of carbonyl (C=O) groups excluding carboxylic acids is 1. The first-order valence-corrected chi connectivity index (χ1v) is 9.97. The molecule has 1 aromatic rings. The Morgan fingerprint density at radius 3 is 2.31 bits per heavy atom. The van der Waals surface area contributed by atoms with Gasteiger partial charge in [-0.3, -0.25) is 0 Å². The summed E-state index contributed by atoms with van der Waals surface area (Å²) in [7, 11) is -0.755. The average Bonchev–Trinajstić information content (AvgIpc) is 2.61. The van der Waals surface area contributed by atoms with Gasteiger partial charge in [-0.25, -0.2) is 17.9 Å². The maximum atomic E-state index is 12.8. The molecule has 1 N–H and O–H groups in total. The minimum absolute atomic E-state index is 0.156. The third-order valence-corrected chi connectivity index (χ3v) is 5.98. The lowest BCUT2D eigenvalue weighted by Crippen LogP contribution is -2.46. The Kier molecular flexibility index (Phi) is 6.71. The molecule has 2 rings (SSSR count). The fourth-order valence-corrected chi connectivity index (χ4v) is 4.48. The maximum Gasteiger partial charge on any atom is 0.409 e. The molecule has 0 spiro atoms. The van der Waals surface area contributed by atoms with E-state index >= 15 is 0 Å². The molecule has 1 heterocycles. The molecule has 1 saturated heterocycles. The first kappa shape index (κ1) is 20.3. The Morgan fingerprint density at radius 2 is 1.77 bits per heavy atom. The number of ether oxygens (including phenoxy) is 3. The Balaban J connectivity index is 2.09. The number of hydrogen-bond donors (Lipinski definition) is 1. The van der Waals surface area contributed by atoms with Crippen molar-refractivity contribution in [2.45, 2.75) is 37.6 Å². The fourth-order valence-electron chi connectivity index (χ4n) is 2.93. The predicted molar refractivity (Wildman–Crippen MR) is 96.2 cm³/mol. The lowest BCUT2D eigenvalue weighted by molar-refractivity contribution is 0.0966. The summed E-state index contributed by atoms with van der Waals surface area (Å²) in [5, 5.41) is 0. The van der Waals surface area contributed by atoms with Crippen LogP contribution in [0.5, 0.6) is 11.5 Å². The lowest BCUT2D eigenvalue weighted by atomic mass is 10.1. The van der Waals surface area contributed by atoms with E-state index in [0.29, 0.717) is 49.6 Å². The number of nitrogens with one attached hydrogen (secondary N) is 1. The molecule has 1 amide bonds. The van der Waals surface area contributed by atoms with Crippen LogP contribution in [-0.2, 0) is 14.8 Å². The number of nitrogens with zero attached hydrogens (tertiary/aromatic N) is 1. The van der Waals surface area contributed by atoms with E-state index in [1.807, 2.05) is 0 Å². The van der Waals surface area contributed by atoms with E-state index in [2.05, 4.69) is 4.72 Å². The fraction of sp³-hybridized carbons (Fsp3) is 0.588. The normalized spacial score (nSPS) is 15.6. The Hall–Kier alpha value is -2.00. The van der Waals surface area contributed by atoms with Gasteiger partial charge in [-0.15, -0.1) is 0 Å². The van der Waals surface area contributed by atoms with Crippen molar-refractivity contribution in [1.29, 1.82) is 0 Å². The zero-order chi connectivity index (χ0) is 19.3. The van der Waals surface area contributed by atoms with E-state index in [1.165, 1.54) is 20.3 Å². The van der Waals surface area contributed by atoms with Gasteiger partial charge in [0.15, 0.2) is 11.5 Å². The van der Waals surface area contributed by atoms with Gasteiger partial charge in [0.25, 0.3) is 0 Å². The van der Waals surface area contributed by atoms with Crippen molar-refractivity contribution in [2.75, 3.05) is 33.9 Å². The number of hydrogen-bond acceptors (Lipinski definition) is 6. The van der Waals surface area contributed by atoms with Crippen molar-refractivity contribution in [3.05, 3.63) is 17.7 Å². The number of benzene rings is 1. The second-order valence-corrected chi connectivity index (χ2v) is 7.74. The Bertz CT molecular complexity index is 742. The molecule has 26 heavy (non-hydrogen) atoms. The van der Waals surface area contributed by atoms with E-state index in [9.17, 15) is 13.2 Å². The molecular formula is C17H26N2O6S. The molecule has 146 valence electrons. The van der Waals surface area contributed by atoms with Gasteiger partial charge < -0.3 is 19.1 Å². The molecule has 0 aromatic heterocycles. The SMILES string of the molecule is CCOC(=O)N1CCC(NS(=O)(=O)c2cc(OC)c(OC)cc2C)CC1. The highest BCUT2D eigenvalue weighted by Gasteiger charge is 2.28. The third kappa shape index (κ3) is 4.59. The Morgan fingerprint density at radius 1 is 1.19 bits per heavy atom. The van der Waals surface area contributed by atoms with Gasteiger partial charge in [-0.2, -0.15) is 0 Å². The number of aryl methyl sites for hydroxylation is 1. The van der Waals surface area contributed by atoms with Crippen LogP contribution in [0.25, 0.3) is 0 Å². The molecule has 0 unspecified atom stereocenters. The summed E-state index contributed by atoms with van der Waals surface area (Å²) in [5.41, 5.74) is 0.569. The molecule has 1 aromatic carbocycles. The van der Waals surface area contributed by atoms with E-state index in [4.69, 9.17) is 14.2 Å². The zero-order valence-corrected chi connectivity index (χ0v) is 16.4. The first-order valence-electron chi connectivity index (χ1n) is 8.49. The highest BCUT2D eigenvalue weighted by atomic mass is 32.2. The summed E-state index contributed by atoms with van der Waals surface area (Å²) in [5.74, 6) is 0.835. The highest BCUT2D eigenvalue weighted by molar-refractivity contribution is 7.89. The molecule has 9 heteroatoms. The van der Waals surface area contributed by atoms with Crippen molar-refractivity contribution >= 4 is 16.1 Å². The van der Waals surface area contributed by atoms with E-state index in [0.717, 1.165) is 0 Å². The molecule has 0 radical (unpaired) electrons. The summed E-state index contributed by atoms with van der Waals surface area (Å²) in [6.07, 6.45) is 0.707. The van der Waals surface area contributed by atoms with Crippen LogP contribution in [0.4, 0.5) is 4.79 Å². The Labute approximate surface area is 154 Å². The molecular weight excluding hydrogens is 360 g/mol. The topological polar surface area (TPSA) is 94.2 Å². The number of methoxy groups -OCH3 is 2. The zero-order valence-electron chi connectivity index (χ0n) is 15.6. The van der Waals surface area contributed by atoms with Crippen molar-refractivity contribution in [3.63, 3.8) is 0 Å². The molecule has 1 aliphatic rings. The number of rotatable bonds is 6.